The van der Waals surface area contributed by atoms with E-state index < -0.39 is 6.36 Å². The Morgan fingerprint density at radius 1 is 1.40 bits per heavy atom. The van der Waals surface area contributed by atoms with E-state index in [9.17, 15) is 13.2 Å². The van der Waals surface area contributed by atoms with Gasteiger partial charge >= 0.3 is 6.36 Å². The Bertz CT molecular complexity index is 625. The highest BCUT2D eigenvalue weighted by Crippen LogP contribution is 2.24. The van der Waals surface area contributed by atoms with E-state index in [1.54, 1.807) is 10.7 Å². The quantitative estimate of drug-likeness (QED) is 0.809. The highest BCUT2D eigenvalue weighted by Gasteiger charge is 2.31. The van der Waals surface area contributed by atoms with Crippen LogP contribution in [0.5, 0.6) is 5.75 Å². The zero-order chi connectivity index (χ0) is 14.9. The Morgan fingerprint density at radius 3 is 2.65 bits per heavy atom. The Labute approximate surface area is 126 Å². The summed E-state index contributed by atoms with van der Waals surface area (Å²) in [5.74, 6) is 0.234. The molecule has 2 aromatic rings. The first-order valence-electron chi connectivity index (χ1n) is 5.59. The first-order chi connectivity index (χ1) is 9.26. The number of nitrogens with two attached hydrogens (primary N) is 1. The van der Waals surface area contributed by atoms with Crippen LogP contribution < -0.4 is 10.5 Å². The van der Waals surface area contributed by atoms with Crippen molar-refractivity contribution < 1.29 is 17.9 Å². The van der Waals surface area contributed by atoms with Gasteiger partial charge in [-0.2, -0.15) is 5.10 Å². The molecule has 20 heavy (non-hydrogen) atoms. The van der Waals surface area contributed by atoms with Gasteiger partial charge in [-0.15, -0.1) is 13.2 Å². The fraction of sp³-hybridized carbons (Fsp3) is 0.250. The number of nitrogen functional groups attached to an aromatic ring is 1. The van der Waals surface area contributed by atoms with Gasteiger partial charge in [0, 0.05) is 0 Å². The lowest BCUT2D eigenvalue weighted by Crippen LogP contribution is -2.17. The zero-order valence-corrected chi connectivity index (χ0v) is 12.6. The maximum Gasteiger partial charge on any atom is 0.573 e. The summed E-state index contributed by atoms with van der Waals surface area (Å²) in [6.07, 6.45) is -4.70. The number of benzene rings is 1. The number of hydrogen-bond donors (Lipinski definition) is 1. The van der Waals surface area contributed by atoms with Gasteiger partial charge in [-0.1, -0.05) is 12.1 Å². The van der Waals surface area contributed by atoms with Crippen LogP contribution in [-0.4, -0.2) is 16.1 Å². The van der Waals surface area contributed by atoms with Crippen LogP contribution in [0, 0.1) is 10.5 Å². The van der Waals surface area contributed by atoms with Crippen molar-refractivity contribution in [1.29, 1.82) is 0 Å². The van der Waals surface area contributed by atoms with Gasteiger partial charge in [0.25, 0.3) is 0 Å². The average molecular weight is 397 g/mol. The average Bonchev–Trinajstić information content (AvgIpc) is 2.55. The van der Waals surface area contributed by atoms with Gasteiger partial charge < -0.3 is 10.5 Å². The minimum atomic E-state index is -4.70. The van der Waals surface area contributed by atoms with Crippen molar-refractivity contribution in [2.75, 3.05) is 5.73 Å². The van der Waals surface area contributed by atoms with Gasteiger partial charge in [0.2, 0.25) is 0 Å². The monoisotopic (exact) mass is 397 g/mol. The molecule has 1 aromatic heterocycles. The summed E-state index contributed by atoms with van der Waals surface area (Å²) in [6.45, 7) is 2.10. The lowest BCUT2D eigenvalue weighted by atomic mass is 10.2. The number of anilines is 1. The van der Waals surface area contributed by atoms with Crippen molar-refractivity contribution in [2.45, 2.75) is 19.8 Å². The molecule has 108 valence electrons. The Kier molecular flexibility index (Phi) is 4.11. The number of alkyl halides is 3. The van der Waals surface area contributed by atoms with Crippen molar-refractivity contribution >= 4 is 28.4 Å². The summed E-state index contributed by atoms with van der Waals surface area (Å²) in [5, 5.41) is 4.23. The number of aryl methyl sites for hydroxylation is 1. The lowest BCUT2D eigenvalue weighted by Gasteiger charge is -2.10. The van der Waals surface area contributed by atoms with Crippen molar-refractivity contribution in [3.8, 4) is 5.75 Å². The van der Waals surface area contributed by atoms with Crippen molar-refractivity contribution in [3.63, 3.8) is 0 Å². The fourth-order valence-corrected chi connectivity index (χ4v) is 2.10. The topological polar surface area (TPSA) is 53.1 Å². The van der Waals surface area contributed by atoms with E-state index in [1.807, 2.05) is 6.92 Å². The van der Waals surface area contributed by atoms with Crippen LogP contribution in [0.2, 0.25) is 0 Å². The van der Waals surface area contributed by atoms with Gasteiger partial charge in [0.1, 0.15) is 11.6 Å². The summed E-state index contributed by atoms with van der Waals surface area (Å²) < 4.78 is 42.7. The molecule has 0 unspecified atom stereocenters. The third-order valence-corrected chi connectivity index (χ3v) is 3.89. The third kappa shape index (κ3) is 3.56. The van der Waals surface area contributed by atoms with Crippen LogP contribution in [0.4, 0.5) is 19.0 Å². The molecule has 8 heteroatoms. The zero-order valence-electron chi connectivity index (χ0n) is 10.4. The minimum Gasteiger partial charge on any atom is -0.406 e. The molecule has 0 atom stereocenters. The highest BCUT2D eigenvalue weighted by molar-refractivity contribution is 14.1. The molecule has 0 fully saturated rings. The van der Waals surface area contributed by atoms with Crippen molar-refractivity contribution in [2.24, 2.45) is 0 Å². The molecular weight excluding hydrogens is 386 g/mol. The minimum absolute atomic E-state index is 0.257. The second-order valence-electron chi connectivity index (χ2n) is 4.14. The maximum atomic E-state index is 12.2. The van der Waals surface area contributed by atoms with Crippen LogP contribution >= 0.6 is 22.6 Å². The van der Waals surface area contributed by atoms with E-state index in [1.165, 1.54) is 18.2 Å². The predicted octanol–water partition coefficient (Wildman–Crippen LogP) is 3.33. The van der Waals surface area contributed by atoms with E-state index in [4.69, 9.17) is 5.73 Å². The summed E-state index contributed by atoms with van der Waals surface area (Å²) in [5.41, 5.74) is 7.28. The molecule has 0 radical (unpaired) electrons. The van der Waals surface area contributed by atoms with E-state index in [-0.39, 0.29) is 12.3 Å². The summed E-state index contributed by atoms with van der Waals surface area (Å²) in [4.78, 5) is 0. The number of hydrogen-bond acceptors (Lipinski definition) is 3. The number of nitrogens with zero attached hydrogens (tertiary/aromatic N) is 2. The van der Waals surface area contributed by atoms with Gasteiger partial charge in [-0.25, -0.2) is 4.68 Å². The van der Waals surface area contributed by atoms with E-state index in [2.05, 4.69) is 32.4 Å². The second-order valence-corrected chi connectivity index (χ2v) is 5.22. The van der Waals surface area contributed by atoms with E-state index >= 15 is 0 Å². The summed E-state index contributed by atoms with van der Waals surface area (Å²) in [7, 11) is 0. The molecule has 1 heterocycles. The SMILES string of the molecule is Cc1nn(Cc2cccc(OC(F)(F)F)c2)c(N)c1I. The largest absolute Gasteiger partial charge is 0.573 e. The smallest absolute Gasteiger partial charge is 0.406 e. The molecular formula is C12H11F3IN3O. The van der Waals surface area contributed by atoms with Gasteiger partial charge in [0.05, 0.1) is 15.8 Å². The normalized spacial score (nSPS) is 11.7. The van der Waals surface area contributed by atoms with Crippen molar-refractivity contribution in [1.82, 2.24) is 9.78 Å². The summed E-state index contributed by atoms with van der Waals surface area (Å²) >= 11 is 2.08. The number of rotatable bonds is 3. The molecule has 0 aliphatic rings. The number of aromatic nitrogens is 2. The Morgan fingerprint density at radius 2 is 2.10 bits per heavy atom. The first-order valence-corrected chi connectivity index (χ1v) is 6.67. The lowest BCUT2D eigenvalue weighted by molar-refractivity contribution is -0.274. The second kappa shape index (κ2) is 5.51. The van der Waals surface area contributed by atoms with Crippen LogP contribution in [0.25, 0.3) is 0 Å². The molecule has 0 saturated heterocycles. The predicted molar refractivity (Wildman–Crippen MR) is 76.3 cm³/mol. The van der Waals surface area contributed by atoms with Crippen LogP contribution in [0.1, 0.15) is 11.3 Å². The molecule has 0 aliphatic carbocycles. The highest BCUT2D eigenvalue weighted by atomic mass is 127. The number of ether oxygens (including phenoxy) is 1. The molecule has 0 aliphatic heterocycles. The molecule has 4 nitrogen and oxygen atoms in total. The number of halogens is 4. The standard InChI is InChI=1S/C12H11F3IN3O/c1-7-10(16)11(17)19(18-7)6-8-3-2-4-9(5-8)20-12(13,14)15/h2-5H,6,17H2,1H3. The molecule has 0 bridgehead atoms. The summed E-state index contributed by atoms with van der Waals surface area (Å²) in [6, 6.07) is 5.75. The molecule has 0 amide bonds. The maximum absolute atomic E-state index is 12.2. The van der Waals surface area contributed by atoms with Gasteiger partial charge in [-0.05, 0) is 47.2 Å². The van der Waals surface area contributed by atoms with Gasteiger partial charge in [0.15, 0.2) is 0 Å². The first kappa shape index (κ1) is 14.9. The molecule has 2 rings (SSSR count). The Hall–Kier alpha value is -1.45. The Balaban J connectivity index is 2.21. The van der Waals surface area contributed by atoms with E-state index in [0.29, 0.717) is 11.4 Å². The molecule has 0 spiro atoms. The molecule has 1 aromatic carbocycles. The van der Waals surface area contributed by atoms with E-state index in [0.717, 1.165) is 9.26 Å². The molecule has 0 saturated carbocycles. The van der Waals surface area contributed by atoms with Crippen LogP contribution in [0.3, 0.4) is 0 Å². The van der Waals surface area contributed by atoms with Crippen LogP contribution in [-0.2, 0) is 6.54 Å². The van der Waals surface area contributed by atoms with Crippen molar-refractivity contribution in [3.05, 3.63) is 39.1 Å². The van der Waals surface area contributed by atoms with Crippen LogP contribution in [0.15, 0.2) is 24.3 Å². The third-order valence-electron chi connectivity index (χ3n) is 2.56. The molecule has 2 N–H and O–H groups in total. The van der Waals surface area contributed by atoms with Gasteiger partial charge in [-0.3, -0.25) is 0 Å². The fourth-order valence-electron chi connectivity index (χ4n) is 1.71.